The number of aromatic nitrogens is 3. The molecule has 9 nitrogen and oxygen atoms in total. The Morgan fingerprint density at radius 1 is 1.28 bits per heavy atom. The molecule has 1 heterocycles. The van der Waals surface area contributed by atoms with Crippen molar-refractivity contribution in [3.05, 3.63) is 40.2 Å². The van der Waals surface area contributed by atoms with E-state index in [0.717, 1.165) is 10.2 Å². The Kier molecular flexibility index (Phi) is 5.38. The number of nitrogens with zero attached hydrogens (tertiary/aromatic N) is 3. The summed E-state index contributed by atoms with van der Waals surface area (Å²) < 4.78 is 0.807. The minimum Gasteiger partial charge on any atom is -0.476 e. The summed E-state index contributed by atoms with van der Waals surface area (Å²) in [4.78, 5) is 35.1. The number of carboxylic acids is 2. The lowest BCUT2D eigenvalue weighted by molar-refractivity contribution is -0.119. The SMILES string of the molecule is CCC(C(=O)Nc1cc(Cl)ccc1C)n1nnc(C(=O)O)c1C(=O)O. The van der Waals surface area contributed by atoms with E-state index >= 15 is 0 Å². The van der Waals surface area contributed by atoms with Gasteiger partial charge in [0.25, 0.3) is 0 Å². The van der Waals surface area contributed by atoms with E-state index in [9.17, 15) is 19.5 Å². The van der Waals surface area contributed by atoms with Gasteiger partial charge in [-0.15, -0.1) is 5.10 Å². The van der Waals surface area contributed by atoms with E-state index in [-0.39, 0.29) is 6.42 Å². The van der Waals surface area contributed by atoms with Gasteiger partial charge in [0.15, 0.2) is 5.69 Å². The van der Waals surface area contributed by atoms with E-state index in [1.807, 2.05) is 0 Å². The molecule has 3 N–H and O–H groups in total. The van der Waals surface area contributed by atoms with E-state index in [4.69, 9.17) is 16.7 Å². The molecule has 0 fully saturated rings. The Balaban J connectivity index is 2.40. The average Bonchev–Trinajstić information content (AvgIpc) is 2.97. The maximum Gasteiger partial charge on any atom is 0.359 e. The van der Waals surface area contributed by atoms with Crippen molar-refractivity contribution in [2.24, 2.45) is 0 Å². The molecule has 1 aromatic heterocycles. The molecule has 132 valence electrons. The Morgan fingerprint density at radius 2 is 1.96 bits per heavy atom. The predicted octanol–water partition coefficient (Wildman–Crippen LogP) is 2.23. The third-order valence-corrected chi connectivity index (χ3v) is 3.78. The number of nitrogens with one attached hydrogen (secondary N) is 1. The second-order valence-electron chi connectivity index (χ2n) is 5.21. The zero-order valence-corrected chi connectivity index (χ0v) is 14.1. The lowest BCUT2D eigenvalue weighted by atomic mass is 10.1. The highest BCUT2D eigenvalue weighted by Gasteiger charge is 2.31. The smallest absolute Gasteiger partial charge is 0.359 e. The van der Waals surface area contributed by atoms with Gasteiger partial charge in [0.1, 0.15) is 6.04 Å². The van der Waals surface area contributed by atoms with Gasteiger partial charge in [0.05, 0.1) is 0 Å². The standard InChI is InChI=1S/C15H15ClN4O5/c1-3-10(13(21)17-9-6-8(16)5-4-7(9)2)20-12(15(24)25)11(14(22)23)18-19-20/h4-6,10H,3H2,1-2H3,(H,17,21)(H,22,23)(H,24,25). The molecule has 0 bridgehead atoms. The third-order valence-electron chi connectivity index (χ3n) is 3.54. The highest BCUT2D eigenvalue weighted by Crippen LogP contribution is 2.23. The van der Waals surface area contributed by atoms with Gasteiger partial charge in [-0.1, -0.05) is 29.8 Å². The number of rotatable bonds is 6. The number of anilines is 1. The Labute approximate surface area is 147 Å². The van der Waals surface area contributed by atoms with Crippen molar-refractivity contribution < 1.29 is 24.6 Å². The molecule has 1 atom stereocenters. The number of carboxylic acid groups (broad SMARTS) is 2. The van der Waals surface area contributed by atoms with Gasteiger partial charge in [0.2, 0.25) is 11.6 Å². The maximum atomic E-state index is 12.6. The Morgan fingerprint density at radius 3 is 2.52 bits per heavy atom. The number of carbonyl (C=O) groups excluding carboxylic acids is 1. The summed E-state index contributed by atoms with van der Waals surface area (Å²) in [7, 11) is 0. The molecule has 10 heteroatoms. The van der Waals surface area contributed by atoms with E-state index in [2.05, 4.69) is 15.6 Å². The summed E-state index contributed by atoms with van der Waals surface area (Å²) in [6.45, 7) is 3.41. The van der Waals surface area contributed by atoms with Crippen LogP contribution in [0.5, 0.6) is 0 Å². The summed E-state index contributed by atoms with van der Waals surface area (Å²) in [6.07, 6.45) is 0.175. The number of hydrogen-bond donors (Lipinski definition) is 3. The lowest BCUT2D eigenvalue weighted by Crippen LogP contribution is -2.29. The number of aromatic carboxylic acids is 2. The molecule has 1 aromatic carbocycles. The van der Waals surface area contributed by atoms with Crippen LogP contribution in [0.1, 0.15) is 45.9 Å². The molecule has 0 radical (unpaired) electrons. The fourth-order valence-electron chi connectivity index (χ4n) is 2.27. The summed E-state index contributed by atoms with van der Waals surface area (Å²) in [6, 6.07) is 3.90. The maximum absolute atomic E-state index is 12.6. The van der Waals surface area contributed by atoms with Crippen LogP contribution in [-0.2, 0) is 4.79 Å². The number of halogens is 1. The van der Waals surface area contributed by atoms with E-state index in [1.165, 1.54) is 0 Å². The number of carbonyl (C=O) groups is 3. The fraction of sp³-hybridized carbons (Fsp3) is 0.267. The quantitative estimate of drug-likeness (QED) is 0.713. The molecule has 0 aliphatic carbocycles. The zero-order valence-electron chi connectivity index (χ0n) is 13.4. The van der Waals surface area contributed by atoms with Crippen LogP contribution >= 0.6 is 11.6 Å². The molecular formula is C15H15ClN4O5. The molecule has 1 unspecified atom stereocenters. The molecule has 0 aliphatic heterocycles. The highest BCUT2D eigenvalue weighted by molar-refractivity contribution is 6.31. The minimum atomic E-state index is -1.54. The molecule has 0 spiro atoms. The van der Waals surface area contributed by atoms with Crippen LogP contribution in [0.15, 0.2) is 18.2 Å². The van der Waals surface area contributed by atoms with Crippen LogP contribution in [0.3, 0.4) is 0 Å². The van der Waals surface area contributed by atoms with Crippen LogP contribution in [0.25, 0.3) is 0 Å². The number of benzene rings is 1. The van der Waals surface area contributed by atoms with Crippen LogP contribution in [0.4, 0.5) is 5.69 Å². The van der Waals surface area contributed by atoms with Crippen molar-refractivity contribution in [2.45, 2.75) is 26.3 Å². The largest absolute Gasteiger partial charge is 0.476 e. The van der Waals surface area contributed by atoms with Gasteiger partial charge >= 0.3 is 11.9 Å². The highest BCUT2D eigenvalue weighted by atomic mass is 35.5. The molecule has 0 saturated carbocycles. The Bertz CT molecular complexity index is 848. The van der Waals surface area contributed by atoms with Gasteiger partial charge in [-0.2, -0.15) is 0 Å². The van der Waals surface area contributed by atoms with E-state index in [1.54, 1.807) is 32.0 Å². The summed E-state index contributed by atoms with van der Waals surface area (Å²) >= 11 is 5.91. The number of amides is 1. The van der Waals surface area contributed by atoms with Crippen LogP contribution in [-0.4, -0.2) is 43.1 Å². The molecule has 0 saturated heterocycles. The summed E-state index contributed by atoms with van der Waals surface area (Å²) in [5, 5.41) is 28.3. The zero-order chi connectivity index (χ0) is 18.7. The van der Waals surface area contributed by atoms with Crippen molar-refractivity contribution in [1.82, 2.24) is 15.0 Å². The summed E-state index contributed by atoms with van der Waals surface area (Å²) in [5.41, 5.74) is -0.155. The molecule has 25 heavy (non-hydrogen) atoms. The number of aryl methyl sites for hydroxylation is 1. The van der Waals surface area contributed by atoms with Crippen LogP contribution in [0, 0.1) is 6.92 Å². The Hall–Kier alpha value is -2.94. The van der Waals surface area contributed by atoms with Gasteiger partial charge in [-0.25, -0.2) is 14.3 Å². The van der Waals surface area contributed by atoms with E-state index < -0.39 is 35.3 Å². The van der Waals surface area contributed by atoms with Gasteiger partial charge in [-0.05, 0) is 31.0 Å². The molecule has 2 rings (SSSR count). The third kappa shape index (κ3) is 3.77. The minimum absolute atomic E-state index is 0.175. The molecular weight excluding hydrogens is 352 g/mol. The van der Waals surface area contributed by atoms with Gasteiger partial charge in [0, 0.05) is 10.7 Å². The van der Waals surface area contributed by atoms with E-state index in [0.29, 0.717) is 10.7 Å². The lowest BCUT2D eigenvalue weighted by Gasteiger charge is -2.17. The normalized spacial score (nSPS) is 11.8. The summed E-state index contributed by atoms with van der Waals surface area (Å²) in [5.74, 6) is -3.63. The van der Waals surface area contributed by atoms with Crippen molar-refractivity contribution >= 4 is 35.1 Å². The van der Waals surface area contributed by atoms with Crippen molar-refractivity contribution in [2.75, 3.05) is 5.32 Å². The first-order chi connectivity index (χ1) is 11.8. The second kappa shape index (κ2) is 7.31. The first-order valence-corrected chi connectivity index (χ1v) is 7.62. The first-order valence-electron chi connectivity index (χ1n) is 7.25. The van der Waals surface area contributed by atoms with Crippen molar-refractivity contribution in [1.29, 1.82) is 0 Å². The predicted molar refractivity (Wildman–Crippen MR) is 88.1 cm³/mol. The fourth-order valence-corrected chi connectivity index (χ4v) is 2.44. The molecule has 1 amide bonds. The van der Waals surface area contributed by atoms with Crippen molar-refractivity contribution in [3.8, 4) is 0 Å². The topological polar surface area (TPSA) is 134 Å². The van der Waals surface area contributed by atoms with Gasteiger partial charge in [-0.3, -0.25) is 4.79 Å². The van der Waals surface area contributed by atoms with Crippen LogP contribution in [0.2, 0.25) is 5.02 Å². The molecule has 2 aromatic rings. The monoisotopic (exact) mass is 366 g/mol. The van der Waals surface area contributed by atoms with Gasteiger partial charge < -0.3 is 15.5 Å². The first kappa shape index (κ1) is 18.4. The van der Waals surface area contributed by atoms with Crippen molar-refractivity contribution in [3.63, 3.8) is 0 Å². The van der Waals surface area contributed by atoms with Crippen LogP contribution < -0.4 is 5.32 Å². The second-order valence-corrected chi connectivity index (χ2v) is 5.65. The number of hydrogen-bond acceptors (Lipinski definition) is 5. The molecule has 0 aliphatic rings. The average molecular weight is 367 g/mol.